The molecule has 4 aromatic rings. The van der Waals surface area contributed by atoms with E-state index in [1.807, 2.05) is 36.4 Å². The monoisotopic (exact) mass is 554 g/mol. The smallest absolute Gasteiger partial charge is 0.234 e. The van der Waals surface area contributed by atoms with Crippen LogP contribution in [0.4, 0.5) is 0 Å². The van der Waals surface area contributed by atoms with Crippen LogP contribution in [0.15, 0.2) is 60.8 Å². The Hall–Kier alpha value is -3.84. The van der Waals surface area contributed by atoms with Crippen molar-refractivity contribution in [3.63, 3.8) is 0 Å². The third-order valence-corrected chi connectivity index (χ3v) is 8.09. The molecule has 0 aliphatic carbocycles. The zero-order chi connectivity index (χ0) is 29.0. The van der Waals surface area contributed by atoms with Gasteiger partial charge in [0.2, 0.25) is 11.8 Å². The number of amides is 1. The molecular formula is C34H42N4O3. The van der Waals surface area contributed by atoms with Crippen molar-refractivity contribution in [2.75, 3.05) is 26.2 Å². The molecule has 0 fully saturated rings. The number of nitrogens with zero attached hydrogens (tertiary/aromatic N) is 3. The molecule has 0 spiro atoms. The molecule has 3 heterocycles. The first-order chi connectivity index (χ1) is 19.7. The van der Waals surface area contributed by atoms with Gasteiger partial charge >= 0.3 is 0 Å². The summed E-state index contributed by atoms with van der Waals surface area (Å²) < 4.78 is 14.7. The minimum atomic E-state index is -0.0188. The molecule has 0 saturated heterocycles. The van der Waals surface area contributed by atoms with Gasteiger partial charge in [0.25, 0.3) is 0 Å². The van der Waals surface area contributed by atoms with Gasteiger partial charge in [-0.1, -0.05) is 44.2 Å². The topological polar surface area (TPSA) is 68.6 Å². The Balaban J connectivity index is 1.29. The summed E-state index contributed by atoms with van der Waals surface area (Å²) in [6.45, 7) is 11.6. The number of nitrogens with one attached hydrogen (secondary N) is 1. The second-order valence-electron chi connectivity index (χ2n) is 12.0. The number of carbonyl (C=O) groups is 1. The van der Waals surface area contributed by atoms with E-state index in [4.69, 9.17) is 9.47 Å². The average Bonchev–Trinajstić information content (AvgIpc) is 3.17. The number of hydrogen-bond acceptors (Lipinski definition) is 5. The van der Waals surface area contributed by atoms with Gasteiger partial charge in [-0.15, -0.1) is 0 Å². The molecule has 2 aromatic carbocycles. The first-order valence-corrected chi connectivity index (χ1v) is 14.6. The van der Waals surface area contributed by atoms with Crippen molar-refractivity contribution in [1.29, 1.82) is 0 Å². The first kappa shape index (κ1) is 28.7. The van der Waals surface area contributed by atoms with Crippen LogP contribution in [0, 0.1) is 19.3 Å². The fraction of sp³-hybridized carbons (Fsp3) is 0.412. The standard InChI is InChI=1S/C34H42N4O3/c1-24-13-14-28-27(25(2)37(5)29(28)20-24)15-18-35-32(39)22-38-19-9-16-34(3,4)23-40-30-11-6-7-12-31(30)41-33-26(21-38)10-8-17-36-33/h6-8,10-14,17,20H,9,15-16,18-19,21-23H2,1-5H3,(H,35,39). The van der Waals surface area contributed by atoms with Gasteiger partial charge in [-0.3, -0.25) is 9.69 Å². The summed E-state index contributed by atoms with van der Waals surface area (Å²) in [6, 6.07) is 18.3. The molecule has 1 aliphatic rings. The van der Waals surface area contributed by atoms with E-state index in [-0.39, 0.29) is 11.3 Å². The van der Waals surface area contributed by atoms with Crippen LogP contribution in [0.5, 0.6) is 17.4 Å². The highest BCUT2D eigenvalue weighted by atomic mass is 16.5. The molecule has 7 heteroatoms. The van der Waals surface area contributed by atoms with Crippen molar-refractivity contribution < 1.29 is 14.3 Å². The number of carbonyl (C=O) groups excluding carboxylic acids is 1. The van der Waals surface area contributed by atoms with E-state index in [0.717, 1.165) is 31.4 Å². The highest BCUT2D eigenvalue weighted by molar-refractivity contribution is 5.86. The van der Waals surface area contributed by atoms with Crippen molar-refractivity contribution in [2.24, 2.45) is 12.5 Å². The number of pyridine rings is 1. The molecule has 1 N–H and O–H groups in total. The zero-order valence-corrected chi connectivity index (χ0v) is 25.0. The number of hydrogen-bond donors (Lipinski definition) is 1. The van der Waals surface area contributed by atoms with Crippen LogP contribution in [-0.2, 0) is 24.8 Å². The Morgan fingerprint density at radius 3 is 2.71 bits per heavy atom. The predicted octanol–water partition coefficient (Wildman–Crippen LogP) is 6.34. The molecule has 0 unspecified atom stereocenters. The largest absolute Gasteiger partial charge is 0.489 e. The van der Waals surface area contributed by atoms with Crippen molar-refractivity contribution in [3.05, 3.63) is 83.2 Å². The fourth-order valence-electron chi connectivity index (χ4n) is 5.63. The summed E-state index contributed by atoms with van der Waals surface area (Å²) in [7, 11) is 2.11. The van der Waals surface area contributed by atoms with E-state index < -0.39 is 0 Å². The molecule has 216 valence electrons. The molecule has 0 saturated carbocycles. The third kappa shape index (κ3) is 6.91. The maximum Gasteiger partial charge on any atom is 0.234 e. The molecule has 2 aromatic heterocycles. The molecular weight excluding hydrogens is 512 g/mol. The number of fused-ring (bicyclic) bond motifs is 3. The van der Waals surface area contributed by atoms with Gasteiger partial charge in [-0.2, -0.15) is 0 Å². The summed E-state index contributed by atoms with van der Waals surface area (Å²) in [5.74, 6) is 1.92. The molecule has 1 aliphatic heterocycles. The van der Waals surface area contributed by atoms with Crippen LogP contribution in [0.3, 0.4) is 0 Å². The van der Waals surface area contributed by atoms with E-state index in [9.17, 15) is 4.79 Å². The van der Waals surface area contributed by atoms with Crippen LogP contribution in [0.1, 0.15) is 49.1 Å². The molecule has 41 heavy (non-hydrogen) atoms. The van der Waals surface area contributed by atoms with Crippen molar-refractivity contribution in [2.45, 2.75) is 53.5 Å². The number of rotatable bonds is 5. The van der Waals surface area contributed by atoms with Crippen LogP contribution >= 0.6 is 0 Å². The number of aromatic nitrogens is 2. The lowest BCUT2D eigenvalue weighted by Crippen LogP contribution is -2.38. The molecule has 0 bridgehead atoms. The fourth-order valence-corrected chi connectivity index (χ4v) is 5.63. The summed E-state index contributed by atoms with van der Waals surface area (Å²) in [5.41, 5.74) is 5.96. The van der Waals surface area contributed by atoms with Gasteiger partial charge in [0.1, 0.15) is 0 Å². The maximum atomic E-state index is 13.2. The second kappa shape index (κ2) is 12.4. The molecule has 5 rings (SSSR count). The lowest BCUT2D eigenvalue weighted by Gasteiger charge is -2.27. The van der Waals surface area contributed by atoms with Gasteiger partial charge in [0.05, 0.1) is 13.2 Å². The number of aryl methyl sites for hydroxylation is 2. The predicted molar refractivity (Wildman–Crippen MR) is 164 cm³/mol. The zero-order valence-electron chi connectivity index (χ0n) is 25.0. The van der Waals surface area contributed by atoms with Gasteiger partial charge in [0, 0.05) is 48.5 Å². The van der Waals surface area contributed by atoms with E-state index in [2.05, 4.69) is 72.7 Å². The molecule has 0 atom stereocenters. The second-order valence-corrected chi connectivity index (χ2v) is 12.0. The third-order valence-electron chi connectivity index (χ3n) is 8.09. The van der Waals surface area contributed by atoms with Gasteiger partial charge < -0.3 is 19.4 Å². The van der Waals surface area contributed by atoms with Crippen LogP contribution < -0.4 is 14.8 Å². The Kier molecular flexibility index (Phi) is 8.64. The molecule has 0 radical (unpaired) electrons. The number of para-hydroxylation sites is 2. The number of ether oxygens (including phenoxy) is 2. The van der Waals surface area contributed by atoms with E-state index >= 15 is 0 Å². The minimum Gasteiger partial charge on any atom is -0.489 e. The van der Waals surface area contributed by atoms with Crippen molar-refractivity contribution in [1.82, 2.24) is 19.8 Å². The van der Waals surface area contributed by atoms with Crippen molar-refractivity contribution >= 4 is 16.8 Å². The van der Waals surface area contributed by atoms with Crippen LogP contribution in [0.25, 0.3) is 10.9 Å². The molecule has 1 amide bonds. The normalized spacial score (nSPS) is 15.8. The lowest BCUT2D eigenvalue weighted by atomic mass is 9.88. The summed E-state index contributed by atoms with van der Waals surface area (Å²) in [6.07, 6.45) is 4.47. The summed E-state index contributed by atoms with van der Waals surface area (Å²) in [5, 5.41) is 4.45. The lowest BCUT2D eigenvalue weighted by molar-refractivity contribution is -0.122. The van der Waals surface area contributed by atoms with Gasteiger partial charge in [-0.05, 0) is 80.5 Å². The molecule has 7 nitrogen and oxygen atoms in total. The number of benzene rings is 2. The van der Waals surface area contributed by atoms with E-state index in [0.29, 0.717) is 43.6 Å². The highest BCUT2D eigenvalue weighted by Gasteiger charge is 2.23. The Morgan fingerprint density at radius 2 is 1.88 bits per heavy atom. The van der Waals surface area contributed by atoms with E-state index in [1.54, 1.807) is 6.20 Å². The Labute approximate surface area is 243 Å². The Morgan fingerprint density at radius 1 is 1.07 bits per heavy atom. The Bertz CT molecular complexity index is 1520. The van der Waals surface area contributed by atoms with Gasteiger partial charge in [-0.25, -0.2) is 4.98 Å². The van der Waals surface area contributed by atoms with Crippen molar-refractivity contribution in [3.8, 4) is 17.4 Å². The quantitative estimate of drug-likeness (QED) is 0.312. The summed E-state index contributed by atoms with van der Waals surface area (Å²) >= 11 is 0. The van der Waals surface area contributed by atoms with Crippen LogP contribution in [0.2, 0.25) is 0 Å². The summed E-state index contributed by atoms with van der Waals surface area (Å²) in [4.78, 5) is 19.9. The van der Waals surface area contributed by atoms with E-state index in [1.165, 1.54) is 27.7 Å². The SMILES string of the molecule is Cc1ccc2c(CCNC(=O)CN3CCCC(C)(C)COc4ccccc4Oc4ncccc4C3)c(C)n(C)c2c1. The van der Waals surface area contributed by atoms with Gasteiger partial charge in [0.15, 0.2) is 11.5 Å². The minimum absolute atomic E-state index is 0.0188. The van der Waals surface area contributed by atoms with Crippen LogP contribution in [-0.4, -0.2) is 46.6 Å². The first-order valence-electron chi connectivity index (χ1n) is 14.6. The highest BCUT2D eigenvalue weighted by Crippen LogP contribution is 2.35. The average molecular weight is 555 g/mol. The maximum absolute atomic E-state index is 13.2.